The van der Waals surface area contributed by atoms with E-state index in [1.807, 2.05) is 13.1 Å². The predicted molar refractivity (Wildman–Crippen MR) is 86.2 cm³/mol. The summed E-state index contributed by atoms with van der Waals surface area (Å²) in [5.74, 6) is 1.72. The number of fused-ring (bicyclic) bond motifs is 1. The van der Waals surface area contributed by atoms with Crippen LogP contribution in [0.15, 0.2) is 18.2 Å². The lowest BCUT2D eigenvalue weighted by atomic mass is 10.0. The van der Waals surface area contributed by atoms with E-state index < -0.39 is 0 Å². The van der Waals surface area contributed by atoms with Gasteiger partial charge in [0.1, 0.15) is 13.2 Å². The number of hydrogen-bond acceptors (Lipinski definition) is 4. The van der Waals surface area contributed by atoms with Gasteiger partial charge in [0.25, 0.3) is 0 Å². The molecule has 1 aliphatic heterocycles. The van der Waals surface area contributed by atoms with Crippen LogP contribution in [0, 0.1) is 0 Å². The van der Waals surface area contributed by atoms with Crippen LogP contribution < -0.4 is 14.8 Å². The third kappa shape index (κ3) is 4.11. The van der Waals surface area contributed by atoms with Crippen molar-refractivity contribution in [3.8, 4) is 11.5 Å². The highest BCUT2D eigenvalue weighted by molar-refractivity contribution is 5.44. The van der Waals surface area contributed by atoms with Crippen LogP contribution in [0.4, 0.5) is 0 Å². The number of likely N-dealkylation sites (N-methyl/N-ethyl adjacent to an activating group) is 2. The SMILES string of the molecule is CCCC(C)N(C)CC(NC)c1ccc2c(c1)OCCO2. The number of nitrogens with zero attached hydrogens (tertiary/aromatic N) is 1. The van der Waals surface area contributed by atoms with Crippen molar-refractivity contribution >= 4 is 0 Å². The summed E-state index contributed by atoms with van der Waals surface area (Å²) in [6, 6.07) is 7.15. The third-order valence-electron chi connectivity index (χ3n) is 4.25. The van der Waals surface area contributed by atoms with E-state index in [0.717, 1.165) is 18.0 Å². The van der Waals surface area contributed by atoms with Crippen molar-refractivity contribution in [3.63, 3.8) is 0 Å². The van der Waals surface area contributed by atoms with Crippen LogP contribution in [-0.4, -0.2) is 44.8 Å². The Morgan fingerprint density at radius 1 is 1.24 bits per heavy atom. The first-order chi connectivity index (χ1) is 10.2. The first kappa shape index (κ1) is 16.1. The minimum Gasteiger partial charge on any atom is -0.486 e. The molecular weight excluding hydrogens is 264 g/mol. The van der Waals surface area contributed by atoms with Gasteiger partial charge >= 0.3 is 0 Å². The molecule has 1 N–H and O–H groups in total. The molecule has 21 heavy (non-hydrogen) atoms. The number of ether oxygens (including phenoxy) is 2. The van der Waals surface area contributed by atoms with Crippen LogP contribution in [0.1, 0.15) is 38.3 Å². The lowest BCUT2D eigenvalue weighted by molar-refractivity contribution is 0.171. The van der Waals surface area contributed by atoms with Gasteiger partial charge < -0.3 is 19.7 Å². The van der Waals surface area contributed by atoms with Crippen molar-refractivity contribution < 1.29 is 9.47 Å². The second-order valence-corrected chi connectivity index (χ2v) is 5.82. The highest BCUT2D eigenvalue weighted by Gasteiger charge is 2.19. The van der Waals surface area contributed by atoms with Gasteiger partial charge in [-0.2, -0.15) is 0 Å². The van der Waals surface area contributed by atoms with Gasteiger partial charge in [-0.05, 0) is 45.1 Å². The summed E-state index contributed by atoms with van der Waals surface area (Å²) in [7, 11) is 4.21. The van der Waals surface area contributed by atoms with Gasteiger partial charge in [0.05, 0.1) is 0 Å². The molecule has 2 unspecified atom stereocenters. The molecular formula is C17H28N2O2. The monoisotopic (exact) mass is 292 g/mol. The molecule has 0 saturated heterocycles. The molecule has 1 aromatic rings. The van der Waals surface area contributed by atoms with Crippen molar-refractivity contribution in [2.75, 3.05) is 33.9 Å². The maximum Gasteiger partial charge on any atom is 0.161 e. The van der Waals surface area contributed by atoms with Crippen LogP contribution in [0.3, 0.4) is 0 Å². The van der Waals surface area contributed by atoms with E-state index in [4.69, 9.17) is 9.47 Å². The smallest absolute Gasteiger partial charge is 0.161 e. The van der Waals surface area contributed by atoms with Crippen molar-refractivity contribution in [2.45, 2.75) is 38.8 Å². The Morgan fingerprint density at radius 2 is 1.95 bits per heavy atom. The molecule has 0 spiro atoms. The Labute approximate surface area is 128 Å². The molecule has 1 heterocycles. The maximum absolute atomic E-state index is 5.68. The Kier molecular flexibility index (Phi) is 5.88. The van der Waals surface area contributed by atoms with Gasteiger partial charge in [-0.1, -0.05) is 19.4 Å². The van der Waals surface area contributed by atoms with Gasteiger partial charge in [-0.25, -0.2) is 0 Å². The summed E-state index contributed by atoms with van der Waals surface area (Å²) >= 11 is 0. The minimum absolute atomic E-state index is 0.296. The fourth-order valence-corrected chi connectivity index (χ4v) is 2.75. The van der Waals surface area contributed by atoms with E-state index in [0.29, 0.717) is 25.3 Å². The molecule has 0 amide bonds. The summed E-state index contributed by atoms with van der Waals surface area (Å²) in [5.41, 5.74) is 1.25. The summed E-state index contributed by atoms with van der Waals surface area (Å²) in [5, 5.41) is 3.42. The Balaban J connectivity index is 2.06. The van der Waals surface area contributed by atoms with E-state index >= 15 is 0 Å². The average Bonchev–Trinajstić information content (AvgIpc) is 2.52. The molecule has 0 aliphatic carbocycles. The fourth-order valence-electron chi connectivity index (χ4n) is 2.75. The first-order valence-electron chi connectivity index (χ1n) is 7.92. The predicted octanol–water partition coefficient (Wildman–Crippen LogP) is 2.84. The summed E-state index contributed by atoms with van der Waals surface area (Å²) in [6.07, 6.45) is 2.45. The Morgan fingerprint density at radius 3 is 2.62 bits per heavy atom. The topological polar surface area (TPSA) is 33.7 Å². The summed E-state index contributed by atoms with van der Waals surface area (Å²) in [4.78, 5) is 2.42. The normalized spacial score (nSPS) is 16.8. The van der Waals surface area contributed by atoms with Crippen molar-refractivity contribution in [1.29, 1.82) is 0 Å². The molecule has 1 aliphatic rings. The summed E-state index contributed by atoms with van der Waals surface area (Å²) in [6.45, 7) is 6.78. The van der Waals surface area contributed by atoms with Crippen molar-refractivity contribution in [1.82, 2.24) is 10.2 Å². The molecule has 4 nitrogen and oxygen atoms in total. The van der Waals surface area contributed by atoms with E-state index in [-0.39, 0.29) is 0 Å². The molecule has 0 radical (unpaired) electrons. The van der Waals surface area contributed by atoms with Crippen molar-refractivity contribution in [2.24, 2.45) is 0 Å². The van der Waals surface area contributed by atoms with Crippen LogP contribution in [0.5, 0.6) is 11.5 Å². The van der Waals surface area contributed by atoms with E-state index in [9.17, 15) is 0 Å². The molecule has 1 aromatic carbocycles. The van der Waals surface area contributed by atoms with E-state index in [2.05, 4.69) is 43.2 Å². The van der Waals surface area contributed by atoms with Crippen LogP contribution in [0.25, 0.3) is 0 Å². The lowest BCUT2D eigenvalue weighted by Gasteiger charge is -2.29. The second kappa shape index (κ2) is 7.66. The zero-order valence-electron chi connectivity index (χ0n) is 13.7. The minimum atomic E-state index is 0.296. The standard InChI is InChI=1S/C17H28N2O2/c1-5-6-13(2)19(4)12-15(18-3)14-7-8-16-17(11-14)21-10-9-20-16/h7-8,11,13,15,18H,5-6,9-10,12H2,1-4H3. The fraction of sp³-hybridized carbons (Fsp3) is 0.647. The average molecular weight is 292 g/mol. The quantitative estimate of drug-likeness (QED) is 0.838. The van der Waals surface area contributed by atoms with Gasteiger partial charge in [0.2, 0.25) is 0 Å². The van der Waals surface area contributed by atoms with Gasteiger partial charge in [0, 0.05) is 18.6 Å². The number of hydrogen-bond donors (Lipinski definition) is 1. The zero-order valence-corrected chi connectivity index (χ0v) is 13.7. The molecule has 4 heteroatoms. The second-order valence-electron chi connectivity index (χ2n) is 5.82. The lowest BCUT2D eigenvalue weighted by Crippen LogP contribution is -2.36. The Bertz CT molecular complexity index is 450. The number of rotatable bonds is 7. The zero-order chi connectivity index (χ0) is 15.2. The number of benzene rings is 1. The summed E-state index contributed by atoms with van der Waals surface area (Å²) < 4.78 is 11.3. The molecule has 0 aromatic heterocycles. The van der Waals surface area contributed by atoms with Crippen LogP contribution in [0.2, 0.25) is 0 Å². The third-order valence-corrected chi connectivity index (χ3v) is 4.25. The van der Waals surface area contributed by atoms with E-state index in [1.165, 1.54) is 18.4 Å². The van der Waals surface area contributed by atoms with Gasteiger partial charge in [-0.3, -0.25) is 0 Å². The van der Waals surface area contributed by atoms with Crippen LogP contribution in [-0.2, 0) is 0 Å². The molecule has 0 bridgehead atoms. The molecule has 0 saturated carbocycles. The molecule has 118 valence electrons. The molecule has 2 rings (SSSR count). The molecule has 0 fully saturated rings. The molecule has 2 atom stereocenters. The van der Waals surface area contributed by atoms with Gasteiger partial charge in [0.15, 0.2) is 11.5 Å². The van der Waals surface area contributed by atoms with E-state index in [1.54, 1.807) is 0 Å². The highest BCUT2D eigenvalue weighted by atomic mass is 16.6. The van der Waals surface area contributed by atoms with Crippen molar-refractivity contribution in [3.05, 3.63) is 23.8 Å². The van der Waals surface area contributed by atoms with Crippen LogP contribution >= 0.6 is 0 Å². The Hall–Kier alpha value is -1.26. The highest BCUT2D eigenvalue weighted by Crippen LogP contribution is 2.32. The van der Waals surface area contributed by atoms with Gasteiger partial charge in [-0.15, -0.1) is 0 Å². The first-order valence-corrected chi connectivity index (χ1v) is 7.92. The maximum atomic E-state index is 5.68. The number of nitrogens with one attached hydrogen (secondary N) is 1. The largest absolute Gasteiger partial charge is 0.486 e.